The number of hydrogen-bond donors (Lipinski definition) is 0. The third-order valence-corrected chi connectivity index (χ3v) is 4.29. The summed E-state index contributed by atoms with van der Waals surface area (Å²) in [5.41, 5.74) is -3.23. The minimum atomic E-state index is -0.901. The van der Waals surface area contributed by atoms with Gasteiger partial charge in [-0.05, 0) is 18.2 Å². The highest BCUT2D eigenvalue weighted by Crippen LogP contribution is 2.44. The van der Waals surface area contributed by atoms with Crippen LogP contribution < -0.4 is 0 Å². The molecule has 0 aliphatic carbocycles. The molecule has 0 unspecified atom stereocenters. The quantitative estimate of drug-likeness (QED) is 0.417. The van der Waals surface area contributed by atoms with Crippen molar-refractivity contribution in [3.63, 3.8) is 0 Å². The number of rotatable bonds is 6. The van der Waals surface area contributed by atoms with E-state index >= 15 is 0 Å². The number of benzene rings is 3. The van der Waals surface area contributed by atoms with Crippen molar-refractivity contribution in [2.24, 2.45) is 0 Å². The second-order valence-electron chi connectivity index (χ2n) is 5.95. The topological polar surface area (TPSA) is 173 Å². The minimum Gasteiger partial charge on any atom is -0.258 e. The van der Waals surface area contributed by atoms with Gasteiger partial charge in [0.1, 0.15) is 0 Å². The van der Waals surface area contributed by atoms with Gasteiger partial charge in [-0.25, -0.2) is 0 Å². The molecule has 12 nitrogen and oxygen atoms in total. The zero-order valence-corrected chi connectivity index (χ0v) is 14.8. The minimum absolute atomic E-state index is 0.149. The van der Waals surface area contributed by atoms with Gasteiger partial charge < -0.3 is 0 Å². The first kappa shape index (κ1) is 20.0. The summed E-state index contributed by atoms with van der Waals surface area (Å²) in [4.78, 5) is 42.6. The summed E-state index contributed by atoms with van der Waals surface area (Å²) in [5.74, 6) is 0. The molecule has 0 atom stereocenters. The van der Waals surface area contributed by atoms with Crippen molar-refractivity contribution in [1.82, 2.24) is 0 Å². The molecule has 0 heterocycles. The van der Waals surface area contributed by atoms with Gasteiger partial charge in [-0.2, -0.15) is 0 Å². The molecule has 12 heteroatoms. The molecular weight excluding hydrogens is 400 g/mol. The molecule has 0 aliphatic heterocycles. The predicted octanol–water partition coefficient (Wildman–Crippen LogP) is 4.65. The Morgan fingerprint density at radius 1 is 0.433 bits per heavy atom. The van der Waals surface area contributed by atoms with Crippen molar-refractivity contribution >= 4 is 22.7 Å². The molecule has 0 N–H and O–H groups in total. The molecule has 0 spiro atoms. The summed E-state index contributed by atoms with van der Waals surface area (Å²) in [6.07, 6.45) is 0. The zero-order chi connectivity index (χ0) is 22.0. The van der Waals surface area contributed by atoms with Gasteiger partial charge in [-0.3, -0.25) is 40.5 Å². The van der Waals surface area contributed by atoms with E-state index in [2.05, 4.69) is 0 Å². The van der Waals surface area contributed by atoms with Crippen LogP contribution >= 0.6 is 0 Å². The van der Waals surface area contributed by atoms with Crippen LogP contribution in [0.5, 0.6) is 0 Å². The fourth-order valence-electron chi connectivity index (χ4n) is 3.03. The molecule has 3 rings (SSSR count). The van der Waals surface area contributed by atoms with Crippen LogP contribution in [0.2, 0.25) is 0 Å². The highest BCUT2D eigenvalue weighted by atomic mass is 16.6. The number of hydrogen-bond acceptors (Lipinski definition) is 8. The van der Waals surface area contributed by atoms with Crippen LogP contribution in [-0.2, 0) is 0 Å². The van der Waals surface area contributed by atoms with Gasteiger partial charge in [0.15, 0.2) is 0 Å². The van der Waals surface area contributed by atoms with Crippen LogP contribution in [-0.4, -0.2) is 19.7 Å². The molecule has 150 valence electrons. The van der Waals surface area contributed by atoms with Gasteiger partial charge in [0.25, 0.3) is 22.7 Å². The number of nitro benzene ring substituents is 4. The average Bonchev–Trinajstić information content (AvgIpc) is 2.72. The van der Waals surface area contributed by atoms with E-state index in [1.54, 1.807) is 0 Å². The molecule has 0 aliphatic rings. The Bertz CT molecular complexity index is 1130. The molecule has 0 bridgehead atoms. The van der Waals surface area contributed by atoms with Crippen molar-refractivity contribution in [2.45, 2.75) is 0 Å². The summed E-state index contributed by atoms with van der Waals surface area (Å²) in [7, 11) is 0. The van der Waals surface area contributed by atoms with Crippen LogP contribution in [0.1, 0.15) is 0 Å². The Kier molecular flexibility index (Phi) is 5.14. The van der Waals surface area contributed by atoms with E-state index in [0.717, 1.165) is 18.2 Å². The lowest BCUT2D eigenvalue weighted by Crippen LogP contribution is -2.01. The molecule has 3 aromatic rings. The summed E-state index contributed by atoms with van der Waals surface area (Å²) in [6.45, 7) is 0. The molecular formula is C18H10N4O8. The van der Waals surface area contributed by atoms with E-state index < -0.39 is 42.4 Å². The fourth-order valence-corrected chi connectivity index (χ4v) is 3.03. The SMILES string of the molecule is O=[N+]([O-])c1ccccc1-c1cc(-c2ccccc2[N+](=O)[O-])c([N+](=O)[O-])cc1[N+](=O)[O-]. The van der Waals surface area contributed by atoms with Gasteiger partial charge in [0.05, 0.1) is 48.0 Å². The van der Waals surface area contributed by atoms with E-state index in [4.69, 9.17) is 0 Å². The molecule has 0 fully saturated rings. The largest absolute Gasteiger partial charge is 0.284 e. The van der Waals surface area contributed by atoms with Crippen LogP contribution in [0.3, 0.4) is 0 Å². The monoisotopic (exact) mass is 410 g/mol. The lowest BCUT2D eigenvalue weighted by Gasteiger charge is -2.09. The lowest BCUT2D eigenvalue weighted by molar-refractivity contribution is -0.394. The fraction of sp³-hybridized carbons (Fsp3) is 0. The maximum Gasteiger partial charge on any atom is 0.284 e. The van der Waals surface area contributed by atoms with Crippen LogP contribution in [0, 0.1) is 40.5 Å². The van der Waals surface area contributed by atoms with Crippen molar-refractivity contribution in [3.05, 3.63) is 101 Å². The molecule has 0 amide bonds. The third-order valence-electron chi connectivity index (χ3n) is 4.29. The van der Waals surface area contributed by atoms with Crippen LogP contribution in [0.4, 0.5) is 22.7 Å². The highest BCUT2D eigenvalue weighted by molar-refractivity contribution is 5.90. The predicted molar refractivity (Wildman–Crippen MR) is 104 cm³/mol. The maximum atomic E-state index is 11.6. The van der Waals surface area contributed by atoms with Gasteiger partial charge in [0, 0.05) is 12.1 Å². The molecule has 0 saturated carbocycles. The first-order valence-electron chi connectivity index (χ1n) is 8.16. The van der Waals surface area contributed by atoms with Gasteiger partial charge in [0.2, 0.25) is 0 Å². The maximum absolute atomic E-state index is 11.6. The number of nitrogens with zero attached hydrogens (tertiary/aromatic N) is 4. The Morgan fingerprint density at radius 3 is 1.10 bits per heavy atom. The summed E-state index contributed by atoms with van der Waals surface area (Å²) < 4.78 is 0. The Hall–Kier alpha value is -4.74. The number of nitro groups is 4. The molecule has 0 aromatic heterocycles. The highest BCUT2D eigenvalue weighted by Gasteiger charge is 2.31. The van der Waals surface area contributed by atoms with Crippen LogP contribution in [0.15, 0.2) is 60.7 Å². The standard InChI is InChI=1S/C18H10N4O8/c23-19(24)15-7-3-1-5-11(15)13-9-14(12-6-2-4-8-16(12)20(25)26)18(22(29)30)10-17(13)21(27)28/h1-10H. The van der Waals surface area contributed by atoms with E-state index in [1.807, 2.05) is 0 Å². The molecule has 0 saturated heterocycles. The van der Waals surface area contributed by atoms with E-state index in [0.29, 0.717) is 6.07 Å². The smallest absolute Gasteiger partial charge is 0.258 e. The van der Waals surface area contributed by atoms with Crippen molar-refractivity contribution in [2.75, 3.05) is 0 Å². The normalized spacial score (nSPS) is 10.4. The molecule has 30 heavy (non-hydrogen) atoms. The van der Waals surface area contributed by atoms with Crippen molar-refractivity contribution < 1.29 is 19.7 Å². The van der Waals surface area contributed by atoms with Crippen molar-refractivity contribution in [3.8, 4) is 22.3 Å². The second kappa shape index (κ2) is 7.71. The first-order valence-corrected chi connectivity index (χ1v) is 8.16. The second-order valence-corrected chi connectivity index (χ2v) is 5.95. The Labute approximate surface area is 166 Å². The number of para-hydroxylation sites is 2. The van der Waals surface area contributed by atoms with Crippen LogP contribution in [0.25, 0.3) is 22.3 Å². The Morgan fingerprint density at radius 2 is 0.767 bits per heavy atom. The van der Waals surface area contributed by atoms with E-state index in [-0.39, 0.29) is 22.3 Å². The van der Waals surface area contributed by atoms with Gasteiger partial charge in [-0.15, -0.1) is 0 Å². The molecule has 0 radical (unpaired) electrons. The van der Waals surface area contributed by atoms with Crippen molar-refractivity contribution in [1.29, 1.82) is 0 Å². The summed E-state index contributed by atoms with van der Waals surface area (Å²) in [6, 6.07) is 12.0. The lowest BCUT2D eigenvalue weighted by atomic mass is 9.94. The first-order chi connectivity index (χ1) is 14.2. The zero-order valence-electron chi connectivity index (χ0n) is 14.8. The average molecular weight is 410 g/mol. The van der Waals surface area contributed by atoms with E-state index in [1.165, 1.54) is 36.4 Å². The van der Waals surface area contributed by atoms with E-state index in [9.17, 15) is 40.5 Å². The Balaban J connectivity index is 2.46. The summed E-state index contributed by atoms with van der Waals surface area (Å²) in [5, 5.41) is 45.9. The van der Waals surface area contributed by atoms with Gasteiger partial charge in [-0.1, -0.05) is 24.3 Å². The third kappa shape index (κ3) is 3.52. The van der Waals surface area contributed by atoms with Gasteiger partial charge >= 0.3 is 0 Å². The molecule has 3 aromatic carbocycles. The summed E-state index contributed by atoms with van der Waals surface area (Å²) >= 11 is 0.